The van der Waals surface area contributed by atoms with Gasteiger partial charge < -0.3 is 14.3 Å². The van der Waals surface area contributed by atoms with Crippen LogP contribution in [0.25, 0.3) is 16.0 Å². The van der Waals surface area contributed by atoms with Crippen molar-refractivity contribution in [2.75, 3.05) is 11.5 Å². The molecule has 1 N–H and O–H groups in total. The second-order valence-electron chi connectivity index (χ2n) is 7.25. The number of carbonyl (C=O) groups is 2. The minimum Gasteiger partial charge on any atom is -0.507 e. The Balaban J connectivity index is 1.66. The number of ketones is 1. The molecule has 1 amide bonds. The monoisotopic (exact) mass is 464 g/mol. The molecule has 33 heavy (non-hydrogen) atoms. The van der Waals surface area contributed by atoms with Crippen LogP contribution in [0.15, 0.2) is 70.9 Å². The van der Waals surface area contributed by atoms with Crippen LogP contribution in [0.4, 0.5) is 9.52 Å². The highest BCUT2D eigenvalue weighted by atomic mass is 32.1. The van der Waals surface area contributed by atoms with Crippen molar-refractivity contribution in [3.63, 3.8) is 0 Å². The molecule has 1 unspecified atom stereocenters. The van der Waals surface area contributed by atoms with Crippen LogP contribution < -0.4 is 9.64 Å². The Bertz CT molecular complexity index is 1390. The second-order valence-corrected chi connectivity index (χ2v) is 8.26. The highest BCUT2D eigenvalue weighted by Gasteiger charge is 2.49. The summed E-state index contributed by atoms with van der Waals surface area (Å²) in [5.74, 6) is -1.68. The minimum atomic E-state index is -1.03. The predicted molar refractivity (Wildman–Crippen MR) is 121 cm³/mol. The average molecular weight is 464 g/mol. The summed E-state index contributed by atoms with van der Waals surface area (Å²) < 4.78 is 25.2. The number of rotatable bonds is 5. The summed E-state index contributed by atoms with van der Waals surface area (Å²) in [4.78, 5) is 32.0. The molecule has 5 rings (SSSR count). The molecule has 166 valence electrons. The van der Waals surface area contributed by atoms with Crippen molar-refractivity contribution >= 4 is 44.1 Å². The minimum absolute atomic E-state index is 0.157. The number of nitrogens with zero attached hydrogens (tertiary/aromatic N) is 2. The number of anilines is 1. The first-order valence-electron chi connectivity index (χ1n) is 10.1. The van der Waals surface area contributed by atoms with Gasteiger partial charge in [0.05, 0.1) is 28.7 Å². The van der Waals surface area contributed by atoms with Crippen LogP contribution in [0.5, 0.6) is 5.75 Å². The Morgan fingerprint density at radius 1 is 1.21 bits per heavy atom. The van der Waals surface area contributed by atoms with E-state index in [1.54, 1.807) is 24.3 Å². The fourth-order valence-electron chi connectivity index (χ4n) is 3.76. The first-order chi connectivity index (χ1) is 16.0. The molecule has 4 aromatic rings. The Labute approximate surface area is 191 Å². The third kappa shape index (κ3) is 3.56. The number of amides is 1. The molecule has 2 aromatic carbocycles. The number of aliphatic hydroxyl groups is 1. The lowest BCUT2D eigenvalue weighted by molar-refractivity contribution is -0.132. The van der Waals surface area contributed by atoms with Gasteiger partial charge in [-0.05, 0) is 61.5 Å². The Hall–Kier alpha value is -3.98. The number of Topliss-reactive ketones (excluding diaryl/α,β-unsaturated/α-hetero) is 1. The number of aliphatic hydroxyl groups excluding tert-OH is 1. The van der Waals surface area contributed by atoms with Crippen LogP contribution in [-0.4, -0.2) is 28.4 Å². The molecule has 7 nitrogen and oxygen atoms in total. The summed E-state index contributed by atoms with van der Waals surface area (Å²) in [6.07, 6.45) is 1.42. The van der Waals surface area contributed by atoms with Crippen LogP contribution in [0.1, 0.15) is 24.3 Å². The summed E-state index contributed by atoms with van der Waals surface area (Å²) in [6, 6.07) is 12.6. The topological polar surface area (TPSA) is 92.9 Å². The second kappa shape index (κ2) is 8.18. The summed E-state index contributed by atoms with van der Waals surface area (Å²) in [5, 5.41) is 11.2. The van der Waals surface area contributed by atoms with E-state index < -0.39 is 29.3 Å². The summed E-state index contributed by atoms with van der Waals surface area (Å²) >= 11 is 1.22. The van der Waals surface area contributed by atoms with Gasteiger partial charge >= 0.3 is 5.91 Å². The van der Waals surface area contributed by atoms with Crippen molar-refractivity contribution in [2.24, 2.45) is 0 Å². The van der Waals surface area contributed by atoms with Crippen LogP contribution in [0, 0.1) is 5.82 Å². The van der Waals surface area contributed by atoms with E-state index in [9.17, 15) is 19.1 Å². The summed E-state index contributed by atoms with van der Waals surface area (Å²) in [7, 11) is 0. The van der Waals surface area contributed by atoms with Crippen molar-refractivity contribution in [2.45, 2.75) is 13.0 Å². The molecular formula is C24H17FN2O5S. The molecule has 3 heterocycles. The zero-order chi connectivity index (χ0) is 23.1. The van der Waals surface area contributed by atoms with Gasteiger partial charge in [0.1, 0.15) is 29.1 Å². The smallest absolute Gasteiger partial charge is 0.302 e. The quantitative estimate of drug-likeness (QED) is 0.252. The molecule has 0 aliphatic carbocycles. The standard InChI is InChI=1S/C24H17FN2O5S/c1-2-31-15-9-10-16-18(12-15)33-24(26-16)27-20(17-4-3-11-32-17)19(22(29)23(27)30)21(28)13-5-7-14(25)8-6-13/h3-12,20,28H,2H2,1H3/b21-19+. The molecule has 2 aromatic heterocycles. The molecule has 0 radical (unpaired) electrons. The van der Waals surface area contributed by atoms with Crippen LogP contribution in [-0.2, 0) is 9.59 Å². The van der Waals surface area contributed by atoms with E-state index in [4.69, 9.17) is 9.15 Å². The summed E-state index contributed by atoms with van der Waals surface area (Å²) in [5.41, 5.74) is 0.685. The van der Waals surface area contributed by atoms with Gasteiger partial charge in [-0.2, -0.15) is 0 Å². The van der Waals surface area contributed by atoms with E-state index in [1.807, 2.05) is 13.0 Å². The number of fused-ring (bicyclic) bond motifs is 1. The molecule has 1 aliphatic heterocycles. The van der Waals surface area contributed by atoms with Crippen LogP contribution in [0.3, 0.4) is 0 Å². The van der Waals surface area contributed by atoms with Gasteiger partial charge in [0.25, 0.3) is 5.78 Å². The van der Waals surface area contributed by atoms with E-state index in [-0.39, 0.29) is 22.0 Å². The average Bonchev–Trinajstić information content (AvgIpc) is 3.53. The van der Waals surface area contributed by atoms with Crippen molar-refractivity contribution in [1.29, 1.82) is 0 Å². The number of furan rings is 1. The first-order valence-corrected chi connectivity index (χ1v) is 10.9. The van der Waals surface area contributed by atoms with Gasteiger partial charge in [0, 0.05) is 5.56 Å². The molecular weight excluding hydrogens is 447 g/mol. The highest BCUT2D eigenvalue weighted by Crippen LogP contribution is 2.44. The number of thiazole rings is 1. The summed E-state index contributed by atoms with van der Waals surface area (Å²) in [6.45, 7) is 2.39. The fourth-order valence-corrected chi connectivity index (χ4v) is 4.78. The number of hydrogen-bond acceptors (Lipinski definition) is 7. The lowest BCUT2D eigenvalue weighted by atomic mass is 9.99. The molecule has 0 spiro atoms. The van der Waals surface area contributed by atoms with Crippen molar-refractivity contribution in [3.8, 4) is 5.75 Å². The van der Waals surface area contributed by atoms with Crippen molar-refractivity contribution in [1.82, 2.24) is 4.98 Å². The van der Waals surface area contributed by atoms with Gasteiger partial charge in [0.15, 0.2) is 5.13 Å². The number of benzene rings is 2. The lowest BCUT2D eigenvalue weighted by Gasteiger charge is -2.20. The molecule has 1 atom stereocenters. The third-order valence-corrected chi connectivity index (χ3v) is 6.26. The van der Waals surface area contributed by atoms with E-state index in [2.05, 4.69) is 4.98 Å². The molecule has 1 fully saturated rings. The largest absolute Gasteiger partial charge is 0.507 e. The Morgan fingerprint density at radius 3 is 2.70 bits per heavy atom. The maximum absolute atomic E-state index is 13.4. The van der Waals surface area contributed by atoms with E-state index in [1.165, 1.54) is 34.6 Å². The molecule has 1 saturated heterocycles. The zero-order valence-electron chi connectivity index (χ0n) is 17.3. The third-order valence-electron chi connectivity index (χ3n) is 5.24. The Morgan fingerprint density at radius 2 is 2.00 bits per heavy atom. The maximum atomic E-state index is 13.4. The maximum Gasteiger partial charge on any atom is 0.302 e. The zero-order valence-corrected chi connectivity index (χ0v) is 18.1. The van der Waals surface area contributed by atoms with Gasteiger partial charge in [-0.3, -0.25) is 14.5 Å². The van der Waals surface area contributed by atoms with Crippen molar-refractivity contribution < 1.29 is 28.2 Å². The van der Waals surface area contributed by atoms with Crippen LogP contribution >= 0.6 is 11.3 Å². The number of halogens is 1. The van der Waals surface area contributed by atoms with Crippen molar-refractivity contribution in [3.05, 3.63) is 83.6 Å². The predicted octanol–water partition coefficient (Wildman–Crippen LogP) is 5.05. The van der Waals surface area contributed by atoms with E-state index in [0.717, 1.165) is 16.8 Å². The molecule has 0 saturated carbocycles. The van der Waals surface area contributed by atoms with Gasteiger partial charge in [0.2, 0.25) is 0 Å². The number of carbonyl (C=O) groups excluding carboxylic acids is 2. The first kappa shape index (κ1) is 20.9. The van der Waals surface area contributed by atoms with Gasteiger partial charge in [-0.1, -0.05) is 11.3 Å². The van der Waals surface area contributed by atoms with Gasteiger partial charge in [-0.25, -0.2) is 9.37 Å². The molecule has 0 bridgehead atoms. The highest BCUT2D eigenvalue weighted by molar-refractivity contribution is 7.22. The SMILES string of the molecule is CCOc1ccc2nc(N3C(=O)C(=O)/C(=C(/O)c4ccc(F)cc4)C3c3ccco3)sc2c1. The number of hydrogen-bond donors (Lipinski definition) is 1. The van der Waals surface area contributed by atoms with Crippen LogP contribution in [0.2, 0.25) is 0 Å². The number of ether oxygens (including phenoxy) is 1. The lowest BCUT2D eigenvalue weighted by Crippen LogP contribution is -2.29. The fraction of sp³-hybridized carbons (Fsp3) is 0.125. The van der Waals surface area contributed by atoms with Gasteiger partial charge in [-0.15, -0.1) is 0 Å². The van der Waals surface area contributed by atoms with E-state index in [0.29, 0.717) is 17.9 Å². The Kier molecular flexibility index (Phi) is 5.18. The normalized spacial score (nSPS) is 17.8. The van der Waals surface area contributed by atoms with E-state index >= 15 is 0 Å². The molecule has 1 aliphatic rings. The number of aromatic nitrogens is 1. The molecule has 9 heteroatoms.